The van der Waals surface area contributed by atoms with Crippen molar-refractivity contribution in [3.05, 3.63) is 63.6 Å². The minimum absolute atomic E-state index is 0.195. The number of para-hydroxylation sites is 1. The second-order valence-electron chi connectivity index (χ2n) is 5.69. The van der Waals surface area contributed by atoms with Crippen molar-refractivity contribution >= 4 is 40.7 Å². The van der Waals surface area contributed by atoms with Crippen LogP contribution in [0.5, 0.6) is 0 Å². The molecule has 3 rings (SSSR count). The van der Waals surface area contributed by atoms with E-state index in [1.165, 1.54) is 5.01 Å². The van der Waals surface area contributed by atoms with Gasteiger partial charge in [0.15, 0.2) is 0 Å². The molecule has 1 aliphatic heterocycles. The van der Waals surface area contributed by atoms with Gasteiger partial charge in [-0.3, -0.25) is 14.6 Å². The largest absolute Gasteiger partial charge is 0.368 e. The fourth-order valence-corrected chi connectivity index (χ4v) is 3.03. The molecule has 0 bridgehead atoms. The zero-order valence-corrected chi connectivity index (χ0v) is 14.9. The minimum Gasteiger partial charge on any atom is -0.368 e. The number of amides is 2. The molecule has 0 fully saturated rings. The summed E-state index contributed by atoms with van der Waals surface area (Å²) in [6, 6.07) is 12.3. The summed E-state index contributed by atoms with van der Waals surface area (Å²) in [7, 11) is 0. The molecule has 25 heavy (non-hydrogen) atoms. The highest BCUT2D eigenvalue weighted by Crippen LogP contribution is 2.33. The summed E-state index contributed by atoms with van der Waals surface area (Å²) in [5.74, 6) is -0.922. The average molecular weight is 379 g/mol. The number of benzene rings is 2. The number of hydrogen-bond acceptors (Lipinski definition) is 4. The van der Waals surface area contributed by atoms with E-state index in [4.69, 9.17) is 28.9 Å². The summed E-state index contributed by atoms with van der Waals surface area (Å²) in [6.45, 7) is 1.71. The highest BCUT2D eigenvalue weighted by atomic mass is 35.5. The van der Waals surface area contributed by atoms with Crippen molar-refractivity contribution in [2.24, 2.45) is 5.73 Å². The summed E-state index contributed by atoms with van der Waals surface area (Å²) < 4.78 is 0. The standard InChI is InChI=1S/C17H16Cl2N4O2/c1-10(11-6-7-13(18)14(19)8-11)23-15-5-3-2-4-12(15)17(25)22(21-23)9-16(20)24/h2-8,10,21H,9H2,1H3,(H2,20,24). The van der Waals surface area contributed by atoms with E-state index in [9.17, 15) is 9.59 Å². The maximum absolute atomic E-state index is 12.5. The molecule has 0 aliphatic carbocycles. The van der Waals surface area contributed by atoms with E-state index in [2.05, 4.69) is 5.53 Å². The quantitative estimate of drug-likeness (QED) is 0.856. The second kappa shape index (κ2) is 6.92. The number of nitrogens with one attached hydrogen (secondary N) is 1. The molecule has 0 aromatic heterocycles. The molecule has 0 saturated heterocycles. The molecular formula is C17H16Cl2N4O2. The number of nitrogens with two attached hydrogens (primary N) is 1. The molecule has 2 aromatic carbocycles. The van der Waals surface area contributed by atoms with Crippen molar-refractivity contribution in [1.82, 2.24) is 10.5 Å². The molecule has 1 heterocycles. The van der Waals surface area contributed by atoms with Gasteiger partial charge in [0, 0.05) is 0 Å². The lowest BCUT2D eigenvalue weighted by molar-refractivity contribution is -0.119. The molecule has 1 aliphatic rings. The van der Waals surface area contributed by atoms with Crippen molar-refractivity contribution in [3.63, 3.8) is 0 Å². The molecule has 0 saturated carbocycles. The van der Waals surface area contributed by atoms with Crippen LogP contribution in [0.3, 0.4) is 0 Å². The Morgan fingerprint density at radius 1 is 1.20 bits per heavy atom. The predicted molar refractivity (Wildman–Crippen MR) is 97.2 cm³/mol. The van der Waals surface area contributed by atoms with E-state index in [1.807, 2.05) is 25.1 Å². The van der Waals surface area contributed by atoms with Crippen LogP contribution in [0.25, 0.3) is 0 Å². The molecule has 1 unspecified atom stereocenters. The van der Waals surface area contributed by atoms with Gasteiger partial charge in [0.2, 0.25) is 5.91 Å². The number of fused-ring (bicyclic) bond motifs is 1. The summed E-state index contributed by atoms with van der Waals surface area (Å²) in [5.41, 5.74) is 10.3. The Labute approximate surface area is 155 Å². The highest BCUT2D eigenvalue weighted by Gasteiger charge is 2.32. The third-order valence-corrected chi connectivity index (χ3v) is 4.73. The molecule has 8 heteroatoms. The molecule has 0 radical (unpaired) electrons. The average Bonchev–Trinajstić information content (AvgIpc) is 2.59. The number of anilines is 1. The van der Waals surface area contributed by atoms with Crippen LogP contribution in [-0.2, 0) is 4.79 Å². The number of carbonyl (C=O) groups is 2. The van der Waals surface area contributed by atoms with E-state index in [0.717, 1.165) is 5.56 Å². The number of halogens is 2. The van der Waals surface area contributed by atoms with Crippen molar-refractivity contribution < 1.29 is 9.59 Å². The first-order valence-electron chi connectivity index (χ1n) is 7.58. The van der Waals surface area contributed by atoms with Crippen LogP contribution in [-0.4, -0.2) is 23.4 Å². The SMILES string of the molecule is CC(c1ccc(Cl)c(Cl)c1)N1NN(CC(N)=O)C(=O)c2ccccc21. The monoisotopic (exact) mass is 378 g/mol. The third kappa shape index (κ3) is 3.42. The van der Waals surface area contributed by atoms with E-state index in [-0.39, 0.29) is 18.5 Å². The Balaban J connectivity index is 2.01. The van der Waals surface area contributed by atoms with Crippen LogP contribution < -0.4 is 16.3 Å². The van der Waals surface area contributed by atoms with Gasteiger partial charge < -0.3 is 5.73 Å². The molecule has 3 N–H and O–H groups in total. The van der Waals surface area contributed by atoms with Crippen molar-refractivity contribution in [1.29, 1.82) is 0 Å². The first-order chi connectivity index (χ1) is 11.9. The van der Waals surface area contributed by atoms with Gasteiger partial charge in [0.1, 0.15) is 6.54 Å². The normalized spacial score (nSPS) is 15.1. The first kappa shape index (κ1) is 17.5. The summed E-state index contributed by atoms with van der Waals surface area (Å²) >= 11 is 12.1. The fourth-order valence-electron chi connectivity index (χ4n) is 2.72. The highest BCUT2D eigenvalue weighted by molar-refractivity contribution is 6.42. The predicted octanol–water partition coefficient (Wildman–Crippen LogP) is 2.92. The number of hydrogen-bond donors (Lipinski definition) is 2. The maximum Gasteiger partial charge on any atom is 0.272 e. The Morgan fingerprint density at radius 2 is 1.92 bits per heavy atom. The molecule has 6 nitrogen and oxygen atoms in total. The van der Waals surface area contributed by atoms with Crippen LogP contribution in [0.4, 0.5) is 5.69 Å². The Kier molecular flexibility index (Phi) is 4.85. The number of carbonyl (C=O) groups excluding carboxylic acids is 2. The van der Waals surface area contributed by atoms with E-state index < -0.39 is 5.91 Å². The Morgan fingerprint density at radius 3 is 2.60 bits per heavy atom. The van der Waals surface area contributed by atoms with Gasteiger partial charge in [-0.25, -0.2) is 5.01 Å². The van der Waals surface area contributed by atoms with Crippen LogP contribution in [0.15, 0.2) is 42.5 Å². The van der Waals surface area contributed by atoms with E-state index in [0.29, 0.717) is 21.3 Å². The van der Waals surface area contributed by atoms with Gasteiger partial charge in [-0.1, -0.05) is 41.4 Å². The van der Waals surface area contributed by atoms with Crippen LogP contribution >= 0.6 is 23.2 Å². The lowest BCUT2D eigenvalue weighted by Crippen LogP contribution is -2.59. The summed E-state index contributed by atoms with van der Waals surface area (Å²) in [4.78, 5) is 23.8. The zero-order chi connectivity index (χ0) is 18.1. The molecule has 1 atom stereocenters. The number of nitrogens with zero attached hydrogens (tertiary/aromatic N) is 2. The molecule has 130 valence electrons. The molecule has 0 spiro atoms. The van der Waals surface area contributed by atoms with Crippen LogP contribution in [0, 0.1) is 0 Å². The number of hydrazine groups is 2. The smallest absolute Gasteiger partial charge is 0.272 e. The van der Waals surface area contributed by atoms with Gasteiger partial charge in [0.05, 0.1) is 27.3 Å². The lowest BCUT2D eigenvalue weighted by atomic mass is 10.0. The van der Waals surface area contributed by atoms with Crippen molar-refractivity contribution in [2.75, 3.05) is 11.6 Å². The summed E-state index contributed by atoms with van der Waals surface area (Å²) in [5, 5.41) is 3.90. The first-order valence-corrected chi connectivity index (χ1v) is 8.33. The van der Waals surface area contributed by atoms with Crippen molar-refractivity contribution in [3.8, 4) is 0 Å². The number of primary amides is 1. The fraction of sp³-hybridized carbons (Fsp3) is 0.176. The Bertz CT molecular complexity index is 843. The number of rotatable bonds is 4. The van der Waals surface area contributed by atoms with E-state index in [1.54, 1.807) is 29.3 Å². The van der Waals surface area contributed by atoms with E-state index >= 15 is 0 Å². The molecule has 2 aromatic rings. The minimum atomic E-state index is -0.609. The lowest BCUT2D eigenvalue weighted by Gasteiger charge is -2.41. The summed E-state index contributed by atoms with van der Waals surface area (Å²) in [6.07, 6.45) is 0. The second-order valence-corrected chi connectivity index (χ2v) is 6.51. The zero-order valence-electron chi connectivity index (χ0n) is 13.4. The van der Waals surface area contributed by atoms with Gasteiger partial charge >= 0.3 is 0 Å². The van der Waals surface area contributed by atoms with Gasteiger partial charge in [-0.05, 0) is 36.8 Å². The van der Waals surface area contributed by atoms with Crippen LogP contribution in [0.2, 0.25) is 10.0 Å². The Hall–Kier alpha value is -2.28. The van der Waals surface area contributed by atoms with Crippen molar-refractivity contribution in [2.45, 2.75) is 13.0 Å². The van der Waals surface area contributed by atoms with Gasteiger partial charge in [-0.2, -0.15) is 0 Å². The van der Waals surface area contributed by atoms with Gasteiger partial charge in [0.25, 0.3) is 5.91 Å². The third-order valence-electron chi connectivity index (χ3n) is 3.99. The van der Waals surface area contributed by atoms with Gasteiger partial charge in [-0.15, -0.1) is 5.53 Å². The van der Waals surface area contributed by atoms with Crippen LogP contribution in [0.1, 0.15) is 28.9 Å². The molecular weight excluding hydrogens is 363 g/mol. The molecule has 2 amide bonds. The topological polar surface area (TPSA) is 78.7 Å². The maximum atomic E-state index is 12.5.